The highest BCUT2D eigenvalue weighted by atomic mass is 32.2. The standard InChI is InChI=1S/C14H22S8/c15-1-5-19-11-9-13(21-7-3-17)14(22-8-4-18)10-12(11)20-6-2-16/h9-10,15-18H,1-8H2. The lowest BCUT2D eigenvalue weighted by Crippen LogP contribution is -1.92. The van der Waals surface area contributed by atoms with Crippen LogP contribution in [0.2, 0.25) is 0 Å². The van der Waals surface area contributed by atoms with Crippen LogP contribution in [0.1, 0.15) is 0 Å². The first-order valence-corrected chi connectivity index (χ1v) is 13.4. The predicted octanol–water partition coefficient (Wildman–Crippen LogP) is 5.77. The fraction of sp³-hybridized carbons (Fsp3) is 0.571. The molecule has 0 aliphatic carbocycles. The van der Waals surface area contributed by atoms with Crippen molar-refractivity contribution in [3.8, 4) is 0 Å². The van der Waals surface area contributed by atoms with Gasteiger partial charge in [0.25, 0.3) is 0 Å². The van der Waals surface area contributed by atoms with Crippen molar-refractivity contribution in [2.45, 2.75) is 19.6 Å². The molecule has 0 radical (unpaired) electrons. The third-order valence-electron chi connectivity index (χ3n) is 2.41. The number of thioether (sulfide) groups is 4. The summed E-state index contributed by atoms with van der Waals surface area (Å²) in [4.78, 5) is 5.49. The van der Waals surface area contributed by atoms with Gasteiger partial charge in [0.1, 0.15) is 0 Å². The van der Waals surface area contributed by atoms with E-state index in [1.165, 1.54) is 19.6 Å². The van der Waals surface area contributed by atoms with Crippen LogP contribution in [-0.2, 0) is 0 Å². The van der Waals surface area contributed by atoms with Crippen LogP contribution in [0.5, 0.6) is 0 Å². The Bertz CT molecular complexity index is 349. The molecule has 0 aliphatic heterocycles. The molecule has 22 heavy (non-hydrogen) atoms. The number of benzene rings is 1. The molecule has 0 fully saturated rings. The molecule has 0 bridgehead atoms. The summed E-state index contributed by atoms with van der Waals surface area (Å²) in [5, 5.41) is 0. The summed E-state index contributed by atoms with van der Waals surface area (Å²) in [5.41, 5.74) is 0. The molecule has 0 saturated carbocycles. The van der Waals surface area contributed by atoms with E-state index in [1.54, 1.807) is 0 Å². The first-order chi connectivity index (χ1) is 10.8. The van der Waals surface area contributed by atoms with Crippen molar-refractivity contribution < 1.29 is 0 Å². The second-order valence-corrected chi connectivity index (χ2v) is 10.4. The summed E-state index contributed by atoms with van der Waals surface area (Å²) in [6.45, 7) is 0. The zero-order chi connectivity index (χ0) is 16.2. The van der Waals surface area contributed by atoms with Crippen LogP contribution in [0.4, 0.5) is 0 Å². The lowest BCUT2D eigenvalue weighted by molar-refractivity contribution is 1.09. The molecule has 0 atom stereocenters. The van der Waals surface area contributed by atoms with Gasteiger partial charge >= 0.3 is 0 Å². The molecular weight excluding hydrogens is 425 g/mol. The minimum Gasteiger partial charge on any atom is -0.178 e. The highest BCUT2D eigenvalue weighted by Crippen LogP contribution is 2.40. The topological polar surface area (TPSA) is 0 Å². The molecule has 0 spiro atoms. The highest BCUT2D eigenvalue weighted by molar-refractivity contribution is 8.04. The Kier molecular flexibility index (Phi) is 14.3. The second-order valence-electron chi connectivity index (χ2n) is 4.03. The summed E-state index contributed by atoms with van der Waals surface area (Å²) in [5.74, 6) is 7.75. The van der Waals surface area contributed by atoms with Crippen LogP contribution in [0.15, 0.2) is 31.7 Å². The van der Waals surface area contributed by atoms with E-state index in [1.807, 2.05) is 47.0 Å². The van der Waals surface area contributed by atoms with Gasteiger partial charge in [-0.15, -0.1) is 47.0 Å². The summed E-state index contributed by atoms with van der Waals surface area (Å²) >= 11 is 24.9. The molecule has 0 amide bonds. The molecule has 0 nitrogen and oxygen atoms in total. The van der Waals surface area contributed by atoms with Gasteiger partial charge in [-0.3, -0.25) is 0 Å². The molecule has 1 aromatic carbocycles. The Labute approximate surface area is 173 Å². The van der Waals surface area contributed by atoms with E-state index >= 15 is 0 Å². The SMILES string of the molecule is SCCSc1cc(SCCS)c(SCCS)cc1SCCS. The maximum absolute atomic E-state index is 4.34. The van der Waals surface area contributed by atoms with Crippen LogP contribution in [0, 0.1) is 0 Å². The molecule has 126 valence electrons. The number of rotatable bonds is 12. The van der Waals surface area contributed by atoms with Crippen LogP contribution in [-0.4, -0.2) is 46.0 Å². The fourth-order valence-corrected chi connectivity index (χ4v) is 6.40. The largest absolute Gasteiger partial charge is 0.178 e. The molecule has 1 rings (SSSR count). The third-order valence-corrected chi connectivity index (χ3v) is 9.00. The van der Waals surface area contributed by atoms with E-state index in [9.17, 15) is 0 Å². The van der Waals surface area contributed by atoms with E-state index in [4.69, 9.17) is 0 Å². The van der Waals surface area contributed by atoms with Gasteiger partial charge in [0.15, 0.2) is 0 Å². The Balaban J connectivity index is 3.04. The van der Waals surface area contributed by atoms with Crippen molar-refractivity contribution in [3.05, 3.63) is 12.1 Å². The monoisotopic (exact) mass is 446 g/mol. The molecule has 8 heteroatoms. The van der Waals surface area contributed by atoms with E-state index < -0.39 is 0 Å². The van der Waals surface area contributed by atoms with Gasteiger partial charge in [0.05, 0.1) is 0 Å². The second kappa shape index (κ2) is 14.2. The average Bonchev–Trinajstić information content (AvgIpc) is 2.55. The van der Waals surface area contributed by atoms with Gasteiger partial charge in [0, 0.05) is 42.6 Å². The number of thiol groups is 4. The molecule has 0 heterocycles. The number of hydrogen-bond acceptors (Lipinski definition) is 8. The maximum atomic E-state index is 4.34. The highest BCUT2D eigenvalue weighted by Gasteiger charge is 2.12. The zero-order valence-corrected chi connectivity index (χ0v) is 19.1. The smallest absolute Gasteiger partial charge is 0.0220 e. The first kappa shape index (κ1) is 22.1. The van der Waals surface area contributed by atoms with E-state index in [0.29, 0.717) is 0 Å². The molecule has 0 saturated heterocycles. The predicted molar refractivity (Wildman–Crippen MR) is 125 cm³/mol. The third kappa shape index (κ3) is 8.41. The quantitative estimate of drug-likeness (QED) is 0.237. The molecule has 0 unspecified atom stereocenters. The lowest BCUT2D eigenvalue weighted by Gasteiger charge is -2.15. The minimum absolute atomic E-state index is 0.899. The van der Waals surface area contributed by atoms with Crippen molar-refractivity contribution in [1.29, 1.82) is 0 Å². The van der Waals surface area contributed by atoms with Gasteiger partial charge in [-0.2, -0.15) is 50.5 Å². The number of hydrogen-bond donors (Lipinski definition) is 4. The summed E-state index contributed by atoms with van der Waals surface area (Å²) in [7, 11) is 0. The zero-order valence-electron chi connectivity index (χ0n) is 12.2. The van der Waals surface area contributed by atoms with Crippen LogP contribution >= 0.6 is 97.6 Å². The fourth-order valence-electron chi connectivity index (χ4n) is 1.60. The lowest BCUT2D eigenvalue weighted by atomic mass is 10.3. The first-order valence-electron chi connectivity index (χ1n) is 6.89. The normalized spacial score (nSPS) is 11.1. The Morgan fingerprint density at radius 1 is 0.500 bits per heavy atom. The van der Waals surface area contributed by atoms with Crippen LogP contribution < -0.4 is 0 Å². The Hall–Kier alpha value is 2.02. The van der Waals surface area contributed by atoms with E-state index in [-0.39, 0.29) is 0 Å². The van der Waals surface area contributed by atoms with Crippen LogP contribution in [0.25, 0.3) is 0 Å². The van der Waals surface area contributed by atoms with Crippen molar-refractivity contribution in [2.75, 3.05) is 46.0 Å². The van der Waals surface area contributed by atoms with Crippen molar-refractivity contribution >= 4 is 97.6 Å². The van der Waals surface area contributed by atoms with Gasteiger partial charge in [-0.25, -0.2) is 0 Å². The Morgan fingerprint density at radius 3 is 0.909 bits per heavy atom. The van der Waals surface area contributed by atoms with Crippen molar-refractivity contribution in [1.82, 2.24) is 0 Å². The molecule has 0 aromatic heterocycles. The summed E-state index contributed by atoms with van der Waals surface area (Å²) in [6, 6.07) is 4.70. The summed E-state index contributed by atoms with van der Waals surface area (Å²) < 4.78 is 0. The average molecular weight is 447 g/mol. The van der Waals surface area contributed by atoms with Gasteiger partial charge in [-0.1, -0.05) is 0 Å². The minimum atomic E-state index is 0.899. The van der Waals surface area contributed by atoms with Gasteiger partial charge in [0.2, 0.25) is 0 Å². The van der Waals surface area contributed by atoms with Crippen molar-refractivity contribution in [2.24, 2.45) is 0 Å². The molecule has 0 aliphatic rings. The molecule has 1 aromatic rings. The van der Waals surface area contributed by atoms with Gasteiger partial charge in [-0.05, 0) is 35.1 Å². The summed E-state index contributed by atoms with van der Waals surface area (Å²) in [6.07, 6.45) is 0. The molecular formula is C14H22S8. The van der Waals surface area contributed by atoms with Gasteiger partial charge < -0.3 is 0 Å². The van der Waals surface area contributed by atoms with Crippen molar-refractivity contribution in [3.63, 3.8) is 0 Å². The van der Waals surface area contributed by atoms with Crippen LogP contribution in [0.3, 0.4) is 0 Å². The van der Waals surface area contributed by atoms with E-state index in [0.717, 1.165) is 46.0 Å². The maximum Gasteiger partial charge on any atom is 0.0220 e. The van der Waals surface area contributed by atoms with E-state index in [2.05, 4.69) is 62.6 Å². The molecule has 0 N–H and O–H groups in total. The Morgan fingerprint density at radius 2 is 0.727 bits per heavy atom.